The van der Waals surface area contributed by atoms with E-state index < -0.39 is 23.4 Å². The molecule has 2 atom stereocenters. The molecule has 0 bridgehead atoms. The number of nitrogens with two attached hydrogens (primary N) is 1. The lowest BCUT2D eigenvalue weighted by atomic mass is 10.0. The number of likely N-dealkylation sites (tertiary alicyclic amines) is 1. The number of carbonyl (C=O) groups is 3. The van der Waals surface area contributed by atoms with Gasteiger partial charge in [-0.15, -0.1) is 17.8 Å². The normalized spacial score (nSPS) is 19.8. The summed E-state index contributed by atoms with van der Waals surface area (Å²) in [6.45, 7) is 0.485. The van der Waals surface area contributed by atoms with Crippen molar-refractivity contribution in [2.24, 2.45) is 5.73 Å². The Morgan fingerprint density at radius 3 is 2.69 bits per heavy atom. The standard InChI is InChI=1S/C23H23FN4O3S/c1-2-16(12-19(25)29)27-20(30)17-4-3-11-28(17)22(31)23(9-10-23)18-13-26-21(32-18)14-5-7-15(24)8-6-14/h1,5-8,13,16-17H,3-4,9-12H2,(H2,25,29)(H,27,30)/t16?,17-/m0/s1. The van der Waals surface area contributed by atoms with Crippen molar-refractivity contribution in [1.82, 2.24) is 15.2 Å². The van der Waals surface area contributed by atoms with Crippen LogP contribution in [0.1, 0.15) is 37.0 Å². The van der Waals surface area contributed by atoms with Crippen LogP contribution in [0.4, 0.5) is 4.39 Å². The van der Waals surface area contributed by atoms with Gasteiger partial charge in [-0.25, -0.2) is 9.37 Å². The molecule has 1 aliphatic heterocycles. The molecule has 9 heteroatoms. The molecule has 1 unspecified atom stereocenters. The minimum Gasteiger partial charge on any atom is -0.370 e. The molecule has 1 saturated heterocycles. The summed E-state index contributed by atoms with van der Waals surface area (Å²) in [6.07, 6.45) is 9.58. The van der Waals surface area contributed by atoms with Gasteiger partial charge in [0.15, 0.2) is 0 Å². The van der Waals surface area contributed by atoms with Gasteiger partial charge in [-0.2, -0.15) is 0 Å². The van der Waals surface area contributed by atoms with E-state index in [0.717, 1.165) is 15.4 Å². The van der Waals surface area contributed by atoms with E-state index in [1.807, 2.05) is 0 Å². The summed E-state index contributed by atoms with van der Waals surface area (Å²) in [5.74, 6) is 0.977. The first kappa shape index (κ1) is 22.0. The van der Waals surface area contributed by atoms with Crippen LogP contribution < -0.4 is 11.1 Å². The van der Waals surface area contributed by atoms with E-state index in [2.05, 4.69) is 16.2 Å². The Morgan fingerprint density at radius 2 is 2.06 bits per heavy atom. The van der Waals surface area contributed by atoms with Gasteiger partial charge in [0.1, 0.15) is 16.9 Å². The molecule has 1 aliphatic carbocycles. The van der Waals surface area contributed by atoms with E-state index in [0.29, 0.717) is 32.2 Å². The molecule has 3 N–H and O–H groups in total. The van der Waals surface area contributed by atoms with E-state index in [-0.39, 0.29) is 24.1 Å². The Kier molecular flexibility index (Phi) is 5.98. The second kappa shape index (κ2) is 8.71. The number of carbonyl (C=O) groups excluding carboxylic acids is 3. The molecule has 2 aromatic rings. The third-order valence-corrected chi connectivity index (χ3v) is 7.22. The molecular formula is C23H23FN4O3S. The topological polar surface area (TPSA) is 105 Å². The molecule has 4 rings (SSSR count). The minimum absolute atomic E-state index is 0.0865. The molecule has 3 amide bonds. The number of amides is 3. The van der Waals surface area contributed by atoms with E-state index in [9.17, 15) is 18.8 Å². The Bertz CT molecular complexity index is 1090. The molecule has 1 saturated carbocycles. The lowest BCUT2D eigenvalue weighted by molar-refractivity contribution is -0.140. The van der Waals surface area contributed by atoms with Crippen LogP contribution in [-0.2, 0) is 19.8 Å². The molecule has 2 fully saturated rings. The summed E-state index contributed by atoms with van der Waals surface area (Å²) in [7, 11) is 0. The molecule has 1 aromatic carbocycles. The van der Waals surface area contributed by atoms with Gasteiger partial charge in [0.2, 0.25) is 17.7 Å². The zero-order valence-electron chi connectivity index (χ0n) is 17.3. The summed E-state index contributed by atoms with van der Waals surface area (Å²) in [5.41, 5.74) is 5.30. The summed E-state index contributed by atoms with van der Waals surface area (Å²) < 4.78 is 13.2. The van der Waals surface area contributed by atoms with Crippen LogP contribution in [0.15, 0.2) is 30.5 Å². The molecule has 166 valence electrons. The van der Waals surface area contributed by atoms with Crippen LogP contribution in [0.25, 0.3) is 10.6 Å². The maximum absolute atomic E-state index is 13.5. The Hall–Kier alpha value is -3.25. The average molecular weight is 455 g/mol. The van der Waals surface area contributed by atoms with Crippen molar-refractivity contribution in [1.29, 1.82) is 0 Å². The van der Waals surface area contributed by atoms with Gasteiger partial charge >= 0.3 is 0 Å². The van der Waals surface area contributed by atoms with Crippen molar-refractivity contribution < 1.29 is 18.8 Å². The second-order valence-electron chi connectivity index (χ2n) is 8.17. The highest BCUT2D eigenvalue weighted by atomic mass is 32.1. The number of nitrogens with one attached hydrogen (secondary N) is 1. The summed E-state index contributed by atoms with van der Waals surface area (Å²) >= 11 is 1.42. The van der Waals surface area contributed by atoms with E-state index in [1.54, 1.807) is 23.2 Å². The van der Waals surface area contributed by atoms with Crippen LogP contribution in [0.5, 0.6) is 0 Å². The molecule has 2 aliphatic rings. The largest absolute Gasteiger partial charge is 0.370 e. The molecule has 1 aromatic heterocycles. The molecule has 7 nitrogen and oxygen atoms in total. The van der Waals surface area contributed by atoms with Gasteiger partial charge in [-0.1, -0.05) is 5.92 Å². The van der Waals surface area contributed by atoms with Gasteiger partial charge < -0.3 is 16.0 Å². The molecule has 0 spiro atoms. The fourth-order valence-electron chi connectivity index (χ4n) is 4.09. The van der Waals surface area contributed by atoms with Crippen molar-refractivity contribution in [2.45, 2.75) is 49.6 Å². The molecular weight excluding hydrogens is 431 g/mol. The summed E-state index contributed by atoms with van der Waals surface area (Å²) in [5, 5.41) is 3.38. The predicted molar refractivity (Wildman–Crippen MR) is 118 cm³/mol. The Morgan fingerprint density at radius 1 is 1.34 bits per heavy atom. The van der Waals surface area contributed by atoms with Crippen molar-refractivity contribution in [3.8, 4) is 22.9 Å². The van der Waals surface area contributed by atoms with Gasteiger partial charge in [0.05, 0.1) is 17.9 Å². The van der Waals surface area contributed by atoms with Crippen molar-refractivity contribution in [2.75, 3.05) is 6.54 Å². The van der Waals surface area contributed by atoms with Gasteiger partial charge in [0, 0.05) is 23.2 Å². The number of terminal acetylenes is 1. The Labute approximate surface area is 189 Å². The summed E-state index contributed by atoms with van der Waals surface area (Å²) in [4.78, 5) is 44.4. The molecule has 32 heavy (non-hydrogen) atoms. The van der Waals surface area contributed by atoms with E-state index in [1.165, 1.54) is 23.5 Å². The van der Waals surface area contributed by atoms with Crippen LogP contribution in [-0.4, -0.2) is 46.2 Å². The number of benzene rings is 1. The average Bonchev–Trinajstić information content (AvgIpc) is 3.19. The van der Waals surface area contributed by atoms with E-state index >= 15 is 0 Å². The Balaban J connectivity index is 1.49. The third kappa shape index (κ3) is 4.23. The number of nitrogens with zero attached hydrogens (tertiary/aromatic N) is 2. The number of halogens is 1. The third-order valence-electron chi connectivity index (χ3n) is 5.97. The quantitative estimate of drug-likeness (QED) is 0.624. The first-order valence-corrected chi connectivity index (χ1v) is 11.2. The second-order valence-corrected chi connectivity index (χ2v) is 9.20. The SMILES string of the molecule is C#CC(CC(N)=O)NC(=O)[C@@H]1CCCN1C(=O)C1(c2cnc(-c3ccc(F)cc3)s2)CC1. The first-order chi connectivity index (χ1) is 15.3. The van der Waals surface area contributed by atoms with Gasteiger partial charge in [0.25, 0.3) is 0 Å². The maximum atomic E-state index is 13.5. The number of primary amides is 1. The number of hydrogen-bond acceptors (Lipinski definition) is 5. The predicted octanol–water partition coefficient (Wildman–Crippen LogP) is 1.97. The van der Waals surface area contributed by atoms with Crippen LogP contribution >= 0.6 is 11.3 Å². The fraction of sp³-hybridized carbons (Fsp3) is 0.391. The monoisotopic (exact) mass is 454 g/mol. The number of hydrogen-bond donors (Lipinski definition) is 2. The maximum Gasteiger partial charge on any atom is 0.243 e. The number of thiazole rings is 1. The first-order valence-electron chi connectivity index (χ1n) is 10.4. The summed E-state index contributed by atoms with van der Waals surface area (Å²) in [6, 6.07) is 4.65. The van der Waals surface area contributed by atoms with Gasteiger partial charge in [-0.3, -0.25) is 14.4 Å². The van der Waals surface area contributed by atoms with Crippen molar-refractivity contribution >= 4 is 29.1 Å². The molecule has 0 radical (unpaired) electrons. The minimum atomic E-state index is -0.799. The highest BCUT2D eigenvalue weighted by Crippen LogP contribution is 2.53. The number of aromatic nitrogens is 1. The van der Waals surface area contributed by atoms with E-state index in [4.69, 9.17) is 12.2 Å². The number of rotatable bonds is 7. The lowest BCUT2D eigenvalue weighted by Crippen LogP contribution is -2.51. The zero-order valence-corrected chi connectivity index (χ0v) is 18.2. The fourth-order valence-corrected chi connectivity index (χ4v) is 5.25. The van der Waals surface area contributed by atoms with Crippen molar-refractivity contribution in [3.05, 3.63) is 41.2 Å². The van der Waals surface area contributed by atoms with Crippen LogP contribution in [0.3, 0.4) is 0 Å². The van der Waals surface area contributed by atoms with Crippen molar-refractivity contribution in [3.63, 3.8) is 0 Å². The van der Waals surface area contributed by atoms with Gasteiger partial charge in [-0.05, 0) is 49.9 Å². The van der Waals surface area contributed by atoms with Crippen LogP contribution in [0, 0.1) is 18.2 Å². The smallest absolute Gasteiger partial charge is 0.243 e. The highest BCUT2D eigenvalue weighted by molar-refractivity contribution is 7.15. The van der Waals surface area contributed by atoms with Crippen LogP contribution in [0.2, 0.25) is 0 Å². The molecule has 2 heterocycles. The lowest BCUT2D eigenvalue weighted by Gasteiger charge is -2.28. The highest BCUT2D eigenvalue weighted by Gasteiger charge is 2.56. The zero-order chi connectivity index (χ0) is 22.9.